The van der Waals surface area contributed by atoms with Crippen LogP contribution in [-0.4, -0.2) is 43.9 Å². The molecule has 2 N–H and O–H groups in total. The first kappa shape index (κ1) is 17.2. The molecule has 0 aliphatic heterocycles. The van der Waals surface area contributed by atoms with Crippen molar-refractivity contribution in [2.75, 3.05) is 27.2 Å². The van der Waals surface area contributed by atoms with Gasteiger partial charge in [-0.05, 0) is 31.1 Å². The zero-order chi connectivity index (χ0) is 15.8. The van der Waals surface area contributed by atoms with Gasteiger partial charge in [0, 0.05) is 19.6 Å². The van der Waals surface area contributed by atoms with Crippen LogP contribution in [0.3, 0.4) is 0 Å². The van der Waals surface area contributed by atoms with Gasteiger partial charge < -0.3 is 15.5 Å². The van der Waals surface area contributed by atoms with Gasteiger partial charge in [0.05, 0.1) is 0 Å². The van der Waals surface area contributed by atoms with E-state index < -0.39 is 11.8 Å². The second-order valence-corrected chi connectivity index (χ2v) is 5.64. The topological polar surface area (TPSA) is 61.4 Å². The molecule has 0 spiro atoms. The van der Waals surface area contributed by atoms with Crippen molar-refractivity contribution in [3.8, 4) is 0 Å². The summed E-state index contributed by atoms with van der Waals surface area (Å²) in [4.78, 5) is 25.1. The molecule has 0 bridgehead atoms. The second-order valence-electron chi connectivity index (χ2n) is 5.64. The molecule has 21 heavy (non-hydrogen) atoms. The molecule has 0 radical (unpaired) electrons. The highest BCUT2D eigenvalue weighted by molar-refractivity contribution is 6.35. The molecule has 1 aromatic rings. The zero-order valence-corrected chi connectivity index (χ0v) is 13.3. The average Bonchev–Trinajstić information content (AvgIpc) is 2.44. The van der Waals surface area contributed by atoms with Crippen LogP contribution in [0.15, 0.2) is 24.3 Å². The first-order valence-electron chi connectivity index (χ1n) is 7.19. The van der Waals surface area contributed by atoms with E-state index >= 15 is 0 Å². The quantitative estimate of drug-likeness (QED) is 0.772. The highest BCUT2D eigenvalue weighted by Crippen LogP contribution is 2.14. The summed E-state index contributed by atoms with van der Waals surface area (Å²) in [5.41, 5.74) is 2.24. The van der Waals surface area contributed by atoms with E-state index in [1.165, 1.54) is 5.56 Å². The average molecular weight is 291 g/mol. The summed E-state index contributed by atoms with van der Waals surface area (Å²) in [6.45, 7) is 5.79. The summed E-state index contributed by atoms with van der Waals surface area (Å²) < 4.78 is 0. The first-order chi connectivity index (χ1) is 9.90. The number of nitrogens with one attached hydrogen (secondary N) is 2. The third kappa shape index (κ3) is 6.40. The standard InChI is InChI=1S/C16H25N3O2/c1-12(2)14-7-5-13(6-8-14)11-18-16(21)15(20)17-9-10-19(3)4/h5-8,12H,9-11H2,1-4H3,(H,17,20)(H,18,21). The van der Waals surface area contributed by atoms with E-state index in [-0.39, 0.29) is 0 Å². The van der Waals surface area contributed by atoms with Crippen molar-refractivity contribution in [3.05, 3.63) is 35.4 Å². The number of benzene rings is 1. The molecule has 0 saturated heterocycles. The Bertz CT molecular complexity index is 467. The molecule has 1 aromatic carbocycles. The number of carbonyl (C=O) groups is 2. The Morgan fingerprint density at radius 1 is 1.05 bits per heavy atom. The van der Waals surface area contributed by atoms with Crippen LogP contribution in [0, 0.1) is 0 Å². The number of nitrogens with zero attached hydrogens (tertiary/aromatic N) is 1. The summed E-state index contributed by atoms with van der Waals surface area (Å²) in [5, 5.41) is 5.20. The molecule has 0 aliphatic rings. The van der Waals surface area contributed by atoms with E-state index in [0.29, 0.717) is 25.6 Å². The Morgan fingerprint density at radius 2 is 1.62 bits per heavy atom. The zero-order valence-electron chi connectivity index (χ0n) is 13.3. The van der Waals surface area contributed by atoms with Gasteiger partial charge in [-0.2, -0.15) is 0 Å². The lowest BCUT2D eigenvalue weighted by Gasteiger charge is -2.11. The van der Waals surface area contributed by atoms with Gasteiger partial charge in [0.25, 0.3) is 0 Å². The lowest BCUT2D eigenvalue weighted by Crippen LogP contribution is -2.41. The maximum absolute atomic E-state index is 11.6. The van der Waals surface area contributed by atoms with Crippen molar-refractivity contribution in [2.45, 2.75) is 26.3 Å². The van der Waals surface area contributed by atoms with Gasteiger partial charge in [-0.15, -0.1) is 0 Å². The fourth-order valence-corrected chi connectivity index (χ4v) is 1.76. The summed E-state index contributed by atoms with van der Waals surface area (Å²) in [7, 11) is 3.82. The third-order valence-corrected chi connectivity index (χ3v) is 3.15. The largest absolute Gasteiger partial charge is 0.347 e. The minimum atomic E-state index is -0.596. The van der Waals surface area contributed by atoms with E-state index in [2.05, 4.69) is 24.5 Å². The van der Waals surface area contributed by atoms with Crippen molar-refractivity contribution in [1.29, 1.82) is 0 Å². The monoisotopic (exact) mass is 291 g/mol. The Labute approximate surface area is 126 Å². The number of hydrogen-bond donors (Lipinski definition) is 2. The minimum absolute atomic E-state index is 0.359. The van der Waals surface area contributed by atoms with Gasteiger partial charge in [0.15, 0.2) is 0 Å². The van der Waals surface area contributed by atoms with Gasteiger partial charge >= 0.3 is 11.8 Å². The molecule has 1 rings (SSSR count). The smallest absolute Gasteiger partial charge is 0.309 e. The van der Waals surface area contributed by atoms with Crippen molar-refractivity contribution < 1.29 is 9.59 Å². The molecule has 0 saturated carbocycles. The summed E-state index contributed by atoms with van der Waals surface area (Å²) in [6.07, 6.45) is 0. The van der Waals surface area contributed by atoms with Crippen molar-refractivity contribution in [3.63, 3.8) is 0 Å². The van der Waals surface area contributed by atoms with Gasteiger partial charge in [-0.1, -0.05) is 38.1 Å². The van der Waals surface area contributed by atoms with Crippen molar-refractivity contribution in [2.24, 2.45) is 0 Å². The molecular formula is C16H25N3O2. The summed E-state index contributed by atoms with van der Waals surface area (Å²) in [6, 6.07) is 8.03. The Hall–Kier alpha value is -1.88. The number of rotatable bonds is 6. The van der Waals surface area contributed by atoms with Crippen LogP contribution < -0.4 is 10.6 Å². The SMILES string of the molecule is CC(C)c1ccc(CNC(=O)C(=O)NCCN(C)C)cc1. The van der Waals surface area contributed by atoms with Crippen molar-refractivity contribution in [1.82, 2.24) is 15.5 Å². The molecule has 0 heterocycles. The van der Waals surface area contributed by atoms with Crippen LogP contribution in [0.1, 0.15) is 30.9 Å². The molecule has 0 aliphatic carbocycles. The van der Waals surface area contributed by atoms with Gasteiger partial charge in [0.2, 0.25) is 0 Å². The van der Waals surface area contributed by atoms with Crippen LogP contribution in [-0.2, 0) is 16.1 Å². The normalized spacial score (nSPS) is 10.8. The molecule has 0 aromatic heterocycles. The first-order valence-corrected chi connectivity index (χ1v) is 7.19. The highest BCUT2D eigenvalue weighted by atomic mass is 16.2. The summed E-state index contributed by atoms with van der Waals surface area (Å²) in [5.74, 6) is -0.701. The van der Waals surface area contributed by atoms with E-state index in [1.807, 2.05) is 43.3 Å². The number of carbonyl (C=O) groups excluding carboxylic acids is 2. The van der Waals surface area contributed by atoms with Crippen LogP contribution in [0.25, 0.3) is 0 Å². The Kier molecular flexibility index (Phi) is 6.88. The lowest BCUT2D eigenvalue weighted by atomic mass is 10.0. The number of hydrogen-bond acceptors (Lipinski definition) is 3. The van der Waals surface area contributed by atoms with Crippen LogP contribution >= 0.6 is 0 Å². The van der Waals surface area contributed by atoms with Crippen LogP contribution in [0.2, 0.25) is 0 Å². The van der Waals surface area contributed by atoms with Gasteiger partial charge in [0.1, 0.15) is 0 Å². The lowest BCUT2D eigenvalue weighted by molar-refractivity contribution is -0.139. The minimum Gasteiger partial charge on any atom is -0.347 e. The number of amides is 2. The predicted molar refractivity (Wildman–Crippen MR) is 83.9 cm³/mol. The van der Waals surface area contributed by atoms with Crippen LogP contribution in [0.5, 0.6) is 0 Å². The molecule has 0 unspecified atom stereocenters. The molecule has 0 atom stereocenters. The molecule has 2 amide bonds. The molecule has 0 fully saturated rings. The molecule has 5 heteroatoms. The maximum atomic E-state index is 11.6. The van der Waals surface area contributed by atoms with Gasteiger partial charge in [-0.25, -0.2) is 0 Å². The predicted octanol–water partition coefficient (Wildman–Crippen LogP) is 1.10. The van der Waals surface area contributed by atoms with Crippen molar-refractivity contribution >= 4 is 11.8 Å². The summed E-state index contributed by atoms with van der Waals surface area (Å²) >= 11 is 0. The molecule has 116 valence electrons. The number of likely N-dealkylation sites (N-methyl/N-ethyl adjacent to an activating group) is 1. The van der Waals surface area contributed by atoms with Crippen LogP contribution in [0.4, 0.5) is 0 Å². The van der Waals surface area contributed by atoms with Gasteiger partial charge in [-0.3, -0.25) is 9.59 Å². The fourth-order valence-electron chi connectivity index (χ4n) is 1.76. The van der Waals surface area contributed by atoms with E-state index in [9.17, 15) is 9.59 Å². The maximum Gasteiger partial charge on any atom is 0.309 e. The molecular weight excluding hydrogens is 266 g/mol. The van der Waals surface area contributed by atoms with E-state index in [0.717, 1.165) is 5.56 Å². The van der Waals surface area contributed by atoms with E-state index in [4.69, 9.17) is 0 Å². The Balaban J connectivity index is 2.36. The second kappa shape index (κ2) is 8.42. The van der Waals surface area contributed by atoms with E-state index in [1.54, 1.807) is 0 Å². The fraction of sp³-hybridized carbons (Fsp3) is 0.500. The molecule has 5 nitrogen and oxygen atoms in total. The Morgan fingerprint density at radius 3 is 2.14 bits per heavy atom. The highest BCUT2D eigenvalue weighted by Gasteiger charge is 2.12. The third-order valence-electron chi connectivity index (χ3n) is 3.15.